The van der Waals surface area contributed by atoms with Gasteiger partial charge in [0.2, 0.25) is 0 Å². The average Bonchev–Trinajstić information content (AvgIpc) is 2.69. The summed E-state index contributed by atoms with van der Waals surface area (Å²) in [5.41, 5.74) is 0.577. The first-order chi connectivity index (χ1) is 11.0. The van der Waals surface area contributed by atoms with E-state index in [0.717, 1.165) is 31.5 Å². The molecule has 0 aliphatic carbocycles. The number of thiophene rings is 1. The molecule has 0 N–H and O–H groups in total. The minimum atomic E-state index is -0.494. The number of carbonyl (C=O) groups excluding carboxylic acids is 1. The van der Waals surface area contributed by atoms with E-state index in [1.54, 1.807) is 11.5 Å². The lowest BCUT2D eigenvalue weighted by atomic mass is 10.2. The van der Waals surface area contributed by atoms with Gasteiger partial charge in [0.15, 0.2) is 0 Å². The summed E-state index contributed by atoms with van der Waals surface area (Å²) in [6, 6.07) is 0. The van der Waals surface area contributed by atoms with E-state index in [1.807, 2.05) is 0 Å². The molecular weight excluding hydrogens is 336 g/mol. The highest BCUT2D eigenvalue weighted by Crippen LogP contribution is 2.29. The van der Waals surface area contributed by atoms with Gasteiger partial charge in [0, 0.05) is 18.0 Å². The largest absolute Gasteiger partial charge is 0.456 e. The molecule has 0 fully saturated rings. The van der Waals surface area contributed by atoms with Crippen molar-refractivity contribution in [3.8, 4) is 0 Å². The molecule has 1 aliphatic rings. The molecule has 1 aliphatic heterocycles. The van der Waals surface area contributed by atoms with Crippen molar-refractivity contribution in [3.63, 3.8) is 0 Å². The summed E-state index contributed by atoms with van der Waals surface area (Å²) in [6.45, 7) is 5.90. The van der Waals surface area contributed by atoms with Crippen LogP contribution in [0.25, 0.3) is 10.2 Å². The van der Waals surface area contributed by atoms with Crippen molar-refractivity contribution in [3.05, 3.63) is 38.2 Å². The van der Waals surface area contributed by atoms with Crippen molar-refractivity contribution in [1.82, 2.24) is 9.55 Å². The Kier molecular flexibility index (Phi) is 4.55. The van der Waals surface area contributed by atoms with Gasteiger partial charge < -0.3 is 4.74 Å². The molecule has 0 saturated heterocycles. The number of esters is 1. The number of aryl methyl sites for hydroxylation is 2. The van der Waals surface area contributed by atoms with E-state index < -0.39 is 5.97 Å². The Labute approximate surface area is 142 Å². The number of hydrogen-bond acceptors (Lipinski definition) is 5. The Bertz CT molecular complexity index is 853. The van der Waals surface area contributed by atoms with Gasteiger partial charge in [0.05, 0.1) is 5.39 Å². The molecule has 0 amide bonds. The van der Waals surface area contributed by atoms with Crippen molar-refractivity contribution in [2.24, 2.45) is 0 Å². The van der Waals surface area contributed by atoms with Crippen LogP contribution in [0.15, 0.2) is 16.4 Å². The third-order valence-corrected chi connectivity index (χ3v) is 5.23. The molecule has 2 aromatic rings. The van der Waals surface area contributed by atoms with Crippen LogP contribution in [-0.4, -0.2) is 22.1 Å². The number of ether oxygens (including phenoxy) is 1. The zero-order valence-electron chi connectivity index (χ0n) is 12.9. The van der Waals surface area contributed by atoms with Gasteiger partial charge in [-0.05, 0) is 25.3 Å². The molecule has 0 aromatic carbocycles. The second kappa shape index (κ2) is 6.45. The number of hydrogen-bond donors (Lipinski definition) is 0. The van der Waals surface area contributed by atoms with Gasteiger partial charge in [-0.1, -0.05) is 24.6 Å². The second-order valence-corrected chi connectivity index (χ2v) is 7.16. The second-order valence-electron chi connectivity index (χ2n) is 5.63. The predicted octanol–water partition coefficient (Wildman–Crippen LogP) is 3.40. The summed E-state index contributed by atoms with van der Waals surface area (Å²) in [5.74, 6) is 0.321. The first kappa shape index (κ1) is 16.2. The van der Waals surface area contributed by atoms with Crippen molar-refractivity contribution >= 4 is 39.1 Å². The predicted molar refractivity (Wildman–Crippen MR) is 91.4 cm³/mol. The average molecular weight is 353 g/mol. The quantitative estimate of drug-likeness (QED) is 0.794. The van der Waals surface area contributed by atoms with E-state index in [1.165, 1.54) is 11.3 Å². The summed E-state index contributed by atoms with van der Waals surface area (Å²) in [6.07, 6.45) is 3.92. The van der Waals surface area contributed by atoms with Gasteiger partial charge in [-0.15, -0.1) is 11.3 Å². The standard InChI is InChI=1S/C16H17ClN2O3S/c1-9(17)8-22-16(21)13-10(2)12-14(23-13)18-11-6-4-3-5-7-19(11)15(12)20/h1,3-8H2,2H3. The van der Waals surface area contributed by atoms with Gasteiger partial charge in [0.25, 0.3) is 5.56 Å². The van der Waals surface area contributed by atoms with Crippen LogP contribution in [0.3, 0.4) is 0 Å². The summed E-state index contributed by atoms with van der Waals surface area (Å²) in [4.78, 5) is 30.6. The Morgan fingerprint density at radius 2 is 2.22 bits per heavy atom. The van der Waals surface area contributed by atoms with E-state index in [0.29, 0.717) is 27.2 Å². The molecule has 5 nitrogen and oxygen atoms in total. The summed E-state index contributed by atoms with van der Waals surface area (Å²) < 4.78 is 6.84. The lowest BCUT2D eigenvalue weighted by molar-refractivity contribution is 0.0551. The monoisotopic (exact) mass is 352 g/mol. The first-order valence-electron chi connectivity index (χ1n) is 7.52. The highest BCUT2D eigenvalue weighted by molar-refractivity contribution is 7.20. The third-order valence-electron chi connectivity index (χ3n) is 3.96. The summed E-state index contributed by atoms with van der Waals surface area (Å²) >= 11 is 6.83. The number of aromatic nitrogens is 2. The summed E-state index contributed by atoms with van der Waals surface area (Å²) in [5, 5.41) is 0.777. The topological polar surface area (TPSA) is 61.2 Å². The van der Waals surface area contributed by atoms with Gasteiger partial charge in [-0.25, -0.2) is 9.78 Å². The van der Waals surface area contributed by atoms with Crippen molar-refractivity contribution in [2.75, 3.05) is 6.61 Å². The van der Waals surface area contributed by atoms with Crippen LogP contribution in [0.2, 0.25) is 0 Å². The lowest BCUT2D eigenvalue weighted by Gasteiger charge is -2.08. The molecule has 0 atom stereocenters. The molecule has 0 bridgehead atoms. The molecule has 2 aromatic heterocycles. The van der Waals surface area contributed by atoms with E-state index in [4.69, 9.17) is 16.3 Å². The normalized spacial score (nSPS) is 14.3. The Balaban J connectivity index is 2.08. The third kappa shape index (κ3) is 3.05. The number of nitrogens with zero attached hydrogens (tertiary/aromatic N) is 2. The molecule has 7 heteroatoms. The van der Waals surface area contributed by atoms with Crippen LogP contribution in [0.1, 0.15) is 40.3 Å². The summed E-state index contributed by atoms with van der Waals surface area (Å²) in [7, 11) is 0. The van der Waals surface area contributed by atoms with Crippen LogP contribution in [0.5, 0.6) is 0 Å². The maximum atomic E-state index is 12.8. The Morgan fingerprint density at radius 3 is 2.96 bits per heavy atom. The fraction of sp³-hybridized carbons (Fsp3) is 0.438. The maximum Gasteiger partial charge on any atom is 0.349 e. The van der Waals surface area contributed by atoms with E-state index >= 15 is 0 Å². The SMILES string of the molecule is C=C(Cl)COC(=O)c1sc2nc3n(c(=O)c2c1C)CCCCC3. The highest BCUT2D eigenvalue weighted by Gasteiger charge is 2.23. The molecule has 0 spiro atoms. The van der Waals surface area contributed by atoms with E-state index in [9.17, 15) is 9.59 Å². The zero-order valence-corrected chi connectivity index (χ0v) is 14.4. The molecule has 0 unspecified atom stereocenters. The van der Waals surface area contributed by atoms with E-state index in [-0.39, 0.29) is 17.2 Å². The zero-order chi connectivity index (χ0) is 16.6. The molecule has 0 saturated carbocycles. The lowest BCUT2D eigenvalue weighted by Crippen LogP contribution is -2.24. The van der Waals surface area contributed by atoms with Crippen LogP contribution in [-0.2, 0) is 17.7 Å². The maximum absolute atomic E-state index is 12.8. The Hall–Kier alpha value is -1.66. The molecule has 3 heterocycles. The van der Waals surface area contributed by atoms with Crippen LogP contribution in [0, 0.1) is 6.92 Å². The van der Waals surface area contributed by atoms with Crippen molar-refractivity contribution in [1.29, 1.82) is 0 Å². The molecular formula is C16H17ClN2O3S. The molecule has 23 heavy (non-hydrogen) atoms. The van der Waals surface area contributed by atoms with Crippen LogP contribution in [0.4, 0.5) is 0 Å². The molecule has 122 valence electrons. The van der Waals surface area contributed by atoms with Crippen LogP contribution >= 0.6 is 22.9 Å². The number of carbonyl (C=O) groups is 1. The fourth-order valence-electron chi connectivity index (χ4n) is 2.81. The minimum Gasteiger partial charge on any atom is -0.456 e. The Morgan fingerprint density at radius 1 is 1.43 bits per heavy atom. The van der Waals surface area contributed by atoms with Gasteiger partial charge in [-0.2, -0.15) is 0 Å². The van der Waals surface area contributed by atoms with Crippen molar-refractivity contribution < 1.29 is 9.53 Å². The van der Waals surface area contributed by atoms with Gasteiger partial charge >= 0.3 is 5.97 Å². The molecule has 0 radical (unpaired) electrons. The number of halogens is 1. The first-order valence-corrected chi connectivity index (χ1v) is 8.71. The minimum absolute atomic E-state index is 0.0447. The van der Waals surface area contributed by atoms with Crippen LogP contribution < -0.4 is 5.56 Å². The fourth-order valence-corrected chi connectivity index (χ4v) is 3.95. The van der Waals surface area contributed by atoms with Gasteiger partial charge in [-0.3, -0.25) is 9.36 Å². The van der Waals surface area contributed by atoms with Crippen molar-refractivity contribution in [2.45, 2.75) is 39.2 Å². The smallest absolute Gasteiger partial charge is 0.349 e. The van der Waals surface area contributed by atoms with E-state index in [2.05, 4.69) is 11.6 Å². The number of rotatable bonds is 3. The number of fused-ring (bicyclic) bond motifs is 2. The highest BCUT2D eigenvalue weighted by atomic mass is 35.5. The molecule has 3 rings (SSSR count). The van der Waals surface area contributed by atoms with Gasteiger partial charge in [0.1, 0.15) is 22.1 Å².